The minimum atomic E-state index is -1.83. The van der Waals surface area contributed by atoms with Crippen LogP contribution in [0.25, 0.3) is 0 Å². The van der Waals surface area contributed by atoms with E-state index in [0.717, 1.165) is 0 Å². The van der Waals surface area contributed by atoms with Crippen LogP contribution in [-0.4, -0.2) is 37.7 Å². The largest absolute Gasteiger partial charge is 2.00 e. The molecule has 0 N–H and O–H groups in total. The van der Waals surface area contributed by atoms with Crippen LogP contribution in [0.3, 0.4) is 0 Å². The molecule has 0 amide bonds. The summed E-state index contributed by atoms with van der Waals surface area (Å²) < 4.78 is 20.3. The Kier molecular flexibility index (Phi) is 9.03. The summed E-state index contributed by atoms with van der Waals surface area (Å²) in [7, 11) is 0. The van der Waals surface area contributed by atoms with Gasteiger partial charge in [0.2, 0.25) is 0 Å². The van der Waals surface area contributed by atoms with Gasteiger partial charge in [-0.15, -0.1) is 0 Å². The first-order chi connectivity index (χ1) is 1.73. The fourth-order valence-corrected chi connectivity index (χ4v) is 0. The molecule has 0 heterocycles. The van der Waals surface area contributed by atoms with E-state index >= 15 is 0 Å². The van der Waals surface area contributed by atoms with Crippen LogP contribution in [-0.2, 0) is 0 Å². The van der Waals surface area contributed by atoms with Crippen LogP contribution >= 0.6 is 0 Å². The molecule has 0 fully saturated rings. The Morgan fingerprint density at radius 3 is 1.60 bits per heavy atom. The molecule has 0 aliphatic heterocycles. The predicted molar refractivity (Wildman–Crippen MR) is 19.3 cm³/mol. The van der Waals surface area contributed by atoms with E-state index in [4.69, 9.17) is 0 Å². The SMILES string of the molecule is C=C(F)F.[Ca+2].[H-].[H-]. The van der Waals surface area contributed by atoms with Crippen molar-refractivity contribution in [2.24, 2.45) is 0 Å². The molecule has 0 aromatic heterocycles. The first-order valence-corrected chi connectivity index (χ1v) is 0.732. The molecule has 0 bridgehead atoms. The Morgan fingerprint density at radius 1 is 1.60 bits per heavy atom. The van der Waals surface area contributed by atoms with Crippen molar-refractivity contribution in [1.82, 2.24) is 0 Å². The first-order valence-electron chi connectivity index (χ1n) is 0.732. The molecular weight excluding hydrogens is 102 g/mol. The molecule has 5 heavy (non-hydrogen) atoms. The van der Waals surface area contributed by atoms with Crippen molar-refractivity contribution in [3.8, 4) is 0 Å². The zero-order valence-corrected chi connectivity index (χ0v) is 4.88. The third-order valence-corrected chi connectivity index (χ3v) is 0. The minimum Gasteiger partial charge on any atom is -1.00 e. The maximum Gasteiger partial charge on any atom is 2.00 e. The van der Waals surface area contributed by atoms with Gasteiger partial charge in [-0.05, 0) is 6.58 Å². The normalized spacial score (nSPS) is 5.20. The maximum atomic E-state index is 10.1. The third-order valence-electron chi connectivity index (χ3n) is 0. The monoisotopic (exact) mass is 106 g/mol. The van der Waals surface area contributed by atoms with Gasteiger partial charge in [0.05, 0.1) is 0 Å². The van der Waals surface area contributed by atoms with Gasteiger partial charge in [-0.3, -0.25) is 0 Å². The van der Waals surface area contributed by atoms with E-state index < -0.39 is 6.08 Å². The number of hydrogen-bond acceptors (Lipinski definition) is 0. The van der Waals surface area contributed by atoms with E-state index in [2.05, 4.69) is 6.58 Å². The van der Waals surface area contributed by atoms with Crippen LogP contribution in [0.2, 0.25) is 0 Å². The average Bonchev–Trinajstić information content (AvgIpc) is 0.811. The summed E-state index contributed by atoms with van der Waals surface area (Å²) in [5.74, 6) is 0. The van der Waals surface area contributed by atoms with Crippen molar-refractivity contribution in [1.29, 1.82) is 0 Å². The maximum absolute atomic E-state index is 10.1. The van der Waals surface area contributed by atoms with Crippen LogP contribution in [0.1, 0.15) is 2.85 Å². The van der Waals surface area contributed by atoms with E-state index in [1.165, 1.54) is 0 Å². The fraction of sp³-hybridized carbons (Fsp3) is 0. The van der Waals surface area contributed by atoms with E-state index in [1.54, 1.807) is 0 Å². The van der Waals surface area contributed by atoms with E-state index in [9.17, 15) is 8.78 Å². The molecule has 0 unspecified atom stereocenters. The second kappa shape index (κ2) is 4.86. The zero-order chi connectivity index (χ0) is 3.58. The molecule has 0 rings (SSSR count). The van der Waals surface area contributed by atoms with Crippen molar-refractivity contribution in [2.75, 3.05) is 0 Å². The molecule has 0 aliphatic rings. The van der Waals surface area contributed by atoms with Gasteiger partial charge in [0.15, 0.2) is 0 Å². The van der Waals surface area contributed by atoms with Crippen LogP contribution < -0.4 is 0 Å². The van der Waals surface area contributed by atoms with E-state index in [-0.39, 0.29) is 40.6 Å². The summed E-state index contributed by atoms with van der Waals surface area (Å²) in [5, 5.41) is 0. The summed E-state index contributed by atoms with van der Waals surface area (Å²) in [6, 6.07) is 0. The molecule has 0 aromatic rings. The Morgan fingerprint density at radius 2 is 1.60 bits per heavy atom. The van der Waals surface area contributed by atoms with Gasteiger partial charge in [0.25, 0.3) is 6.08 Å². The molecule has 0 aromatic carbocycles. The third kappa shape index (κ3) is 53.8. The number of rotatable bonds is 0. The van der Waals surface area contributed by atoms with Crippen molar-refractivity contribution < 1.29 is 11.6 Å². The average molecular weight is 106 g/mol. The van der Waals surface area contributed by atoms with Gasteiger partial charge in [0.1, 0.15) is 0 Å². The molecule has 28 valence electrons. The quantitative estimate of drug-likeness (QED) is 0.407. The molecule has 3 heteroatoms. The van der Waals surface area contributed by atoms with Crippen LogP contribution in [0.4, 0.5) is 8.78 Å². The fourth-order valence-electron chi connectivity index (χ4n) is 0. The van der Waals surface area contributed by atoms with E-state index in [0.29, 0.717) is 0 Å². The van der Waals surface area contributed by atoms with Crippen molar-refractivity contribution in [2.45, 2.75) is 0 Å². The molecule has 0 spiro atoms. The smallest absolute Gasteiger partial charge is 1.00 e. The van der Waals surface area contributed by atoms with Gasteiger partial charge in [-0.2, -0.15) is 8.78 Å². The Hall–Kier alpha value is 0.860. The minimum absolute atomic E-state index is 0. The second-order valence-electron chi connectivity index (χ2n) is 0.339. The Bertz CT molecular complexity index is 36.7. The number of hydrogen-bond donors (Lipinski definition) is 0. The summed E-state index contributed by atoms with van der Waals surface area (Å²) in [6.07, 6.45) is -1.83. The standard InChI is InChI=1S/C2H2F2.Ca.2H/c1-2(3)4;;;/h1H2;;;/q;+2;2*-1. The molecule has 0 radical (unpaired) electrons. The summed E-state index contributed by atoms with van der Waals surface area (Å²) >= 11 is 0. The summed E-state index contributed by atoms with van der Waals surface area (Å²) in [6.45, 7) is 2.22. The molecular formula is C2H4CaF2. The van der Waals surface area contributed by atoms with Gasteiger partial charge in [-0.25, -0.2) is 0 Å². The van der Waals surface area contributed by atoms with Gasteiger partial charge >= 0.3 is 37.7 Å². The Labute approximate surface area is 61.8 Å². The second-order valence-corrected chi connectivity index (χ2v) is 0.339. The summed E-state index contributed by atoms with van der Waals surface area (Å²) in [5.41, 5.74) is 0. The summed E-state index contributed by atoms with van der Waals surface area (Å²) in [4.78, 5) is 0. The molecule has 0 aliphatic carbocycles. The molecule has 0 saturated carbocycles. The van der Waals surface area contributed by atoms with Crippen LogP contribution in [0, 0.1) is 0 Å². The zero-order valence-electron chi connectivity index (χ0n) is 4.67. The van der Waals surface area contributed by atoms with Crippen LogP contribution in [0.15, 0.2) is 12.7 Å². The molecule has 0 atom stereocenters. The first kappa shape index (κ1) is 9.29. The topological polar surface area (TPSA) is 0 Å². The van der Waals surface area contributed by atoms with Crippen molar-refractivity contribution in [3.63, 3.8) is 0 Å². The molecule has 0 nitrogen and oxygen atoms in total. The Balaban J connectivity index is -0.0000000150. The molecule has 0 saturated heterocycles. The van der Waals surface area contributed by atoms with Gasteiger partial charge in [-0.1, -0.05) is 0 Å². The van der Waals surface area contributed by atoms with Crippen LogP contribution in [0.5, 0.6) is 0 Å². The number of halogens is 2. The van der Waals surface area contributed by atoms with Crippen molar-refractivity contribution in [3.05, 3.63) is 12.7 Å². The predicted octanol–water partition coefficient (Wildman–Crippen LogP) is 1.24. The van der Waals surface area contributed by atoms with Crippen molar-refractivity contribution >= 4 is 37.7 Å². The van der Waals surface area contributed by atoms with E-state index in [1.807, 2.05) is 0 Å². The van der Waals surface area contributed by atoms with Gasteiger partial charge in [0, 0.05) is 0 Å². The van der Waals surface area contributed by atoms with Gasteiger partial charge < -0.3 is 2.85 Å².